The fourth-order valence-electron chi connectivity index (χ4n) is 1.77. The van der Waals surface area contributed by atoms with Crippen molar-refractivity contribution in [3.63, 3.8) is 0 Å². The summed E-state index contributed by atoms with van der Waals surface area (Å²) in [7, 11) is 0. The van der Waals surface area contributed by atoms with E-state index in [0.717, 1.165) is 0 Å². The van der Waals surface area contributed by atoms with Crippen LogP contribution in [0.4, 0.5) is 5.69 Å². The van der Waals surface area contributed by atoms with Gasteiger partial charge in [-0.1, -0.05) is 0 Å². The van der Waals surface area contributed by atoms with Gasteiger partial charge in [-0.3, -0.25) is 4.79 Å². The summed E-state index contributed by atoms with van der Waals surface area (Å²) in [6.45, 7) is -0.173. The molecule has 2 heterocycles. The number of carbonyl (C=O) groups excluding carboxylic acids is 2. The molecule has 0 fully saturated rings. The minimum absolute atomic E-state index is 0.172. The van der Waals surface area contributed by atoms with Gasteiger partial charge >= 0.3 is 5.97 Å². The Morgan fingerprint density at radius 2 is 2.10 bits per heavy atom. The maximum absolute atomic E-state index is 11.7. The number of rotatable bonds is 4. The SMILES string of the molecule is O=C(COC(=O)c1ccsc1)Nc1ccc2c(c1)OCO2. The van der Waals surface area contributed by atoms with E-state index in [1.165, 1.54) is 11.3 Å². The zero-order valence-corrected chi connectivity index (χ0v) is 11.6. The summed E-state index contributed by atoms with van der Waals surface area (Å²) in [6, 6.07) is 6.69. The maximum Gasteiger partial charge on any atom is 0.339 e. The van der Waals surface area contributed by atoms with Crippen LogP contribution in [0.2, 0.25) is 0 Å². The average Bonchev–Trinajstić information content (AvgIpc) is 3.15. The summed E-state index contributed by atoms with van der Waals surface area (Å²) in [5.41, 5.74) is 0.992. The molecule has 6 nitrogen and oxygen atoms in total. The third-order valence-corrected chi connectivity index (χ3v) is 3.43. The number of benzene rings is 1. The molecule has 0 aliphatic carbocycles. The van der Waals surface area contributed by atoms with Crippen molar-refractivity contribution in [3.05, 3.63) is 40.6 Å². The Morgan fingerprint density at radius 1 is 1.24 bits per heavy atom. The van der Waals surface area contributed by atoms with Crippen molar-refractivity contribution < 1.29 is 23.8 Å². The molecule has 0 saturated carbocycles. The van der Waals surface area contributed by atoms with E-state index in [1.54, 1.807) is 35.0 Å². The third kappa shape index (κ3) is 3.14. The molecule has 1 aromatic carbocycles. The Labute approximate surface area is 124 Å². The van der Waals surface area contributed by atoms with Crippen molar-refractivity contribution in [1.29, 1.82) is 0 Å². The van der Waals surface area contributed by atoms with E-state index in [0.29, 0.717) is 22.7 Å². The molecule has 108 valence electrons. The van der Waals surface area contributed by atoms with E-state index in [1.807, 2.05) is 0 Å². The van der Waals surface area contributed by atoms with Crippen molar-refractivity contribution in [3.8, 4) is 11.5 Å². The van der Waals surface area contributed by atoms with Gasteiger partial charge in [0.2, 0.25) is 6.79 Å². The van der Waals surface area contributed by atoms with E-state index in [4.69, 9.17) is 14.2 Å². The zero-order chi connectivity index (χ0) is 14.7. The number of hydrogen-bond donors (Lipinski definition) is 1. The van der Waals surface area contributed by atoms with Crippen LogP contribution in [0.15, 0.2) is 35.0 Å². The Balaban J connectivity index is 1.53. The topological polar surface area (TPSA) is 73.9 Å². The minimum Gasteiger partial charge on any atom is -0.454 e. The molecule has 1 amide bonds. The van der Waals surface area contributed by atoms with Crippen LogP contribution in [-0.4, -0.2) is 25.3 Å². The van der Waals surface area contributed by atoms with Gasteiger partial charge in [0.25, 0.3) is 5.91 Å². The lowest BCUT2D eigenvalue weighted by Gasteiger charge is -2.06. The Morgan fingerprint density at radius 3 is 2.90 bits per heavy atom. The number of esters is 1. The fourth-order valence-corrected chi connectivity index (χ4v) is 2.39. The number of carbonyl (C=O) groups is 2. The quantitative estimate of drug-likeness (QED) is 0.877. The van der Waals surface area contributed by atoms with Gasteiger partial charge in [-0.2, -0.15) is 11.3 Å². The molecule has 1 aliphatic rings. The molecule has 1 aliphatic heterocycles. The molecule has 7 heteroatoms. The highest BCUT2D eigenvalue weighted by Gasteiger charge is 2.15. The van der Waals surface area contributed by atoms with E-state index in [-0.39, 0.29) is 13.4 Å². The van der Waals surface area contributed by atoms with Crippen molar-refractivity contribution in [2.45, 2.75) is 0 Å². The smallest absolute Gasteiger partial charge is 0.339 e. The summed E-state index contributed by atoms with van der Waals surface area (Å²) in [5, 5.41) is 6.06. The van der Waals surface area contributed by atoms with Crippen LogP contribution >= 0.6 is 11.3 Å². The lowest BCUT2D eigenvalue weighted by molar-refractivity contribution is -0.119. The van der Waals surface area contributed by atoms with Crippen LogP contribution < -0.4 is 14.8 Å². The van der Waals surface area contributed by atoms with Crippen LogP contribution in [-0.2, 0) is 9.53 Å². The number of anilines is 1. The van der Waals surface area contributed by atoms with Crippen molar-refractivity contribution >= 4 is 28.9 Å². The van der Waals surface area contributed by atoms with E-state index in [2.05, 4.69) is 5.32 Å². The van der Waals surface area contributed by atoms with Gasteiger partial charge in [0.05, 0.1) is 5.56 Å². The van der Waals surface area contributed by atoms with E-state index < -0.39 is 11.9 Å². The number of ether oxygens (including phenoxy) is 3. The van der Waals surface area contributed by atoms with Gasteiger partial charge in [-0.25, -0.2) is 4.79 Å². The predicted octanol–water partition coefficient (Wildman–Crippen LogP) is 2.27. The maximum atomic E-state index is 11.7. The molecular formula is C14H11NO5S. The lowest BCUT2D eigenvalue weighted by Crippen LogP contribution is -2.20. The molecule has 0 spiro atoms. The van der Waals surface area contributed by atoms with Crippen LogP contribution in [0.1, 0.15) is 10.4 Å². The number of thiophene rings is 1. The highest BCUT2D eigenvalue weighted by molar-refractivity contribution is 7.08. The van der Waals surface area contributed by atoms with Crippen molar-refractivity contribution in [2.24, 2.45) is 0 Å². The highest BCUT2D eigenvalue weighted by atomic mass is 32.1. The number of amides is 1. The molecule has 0 radical (unpaired) electrons. The predicted molar refractivity (Wildman–Crippen MR) is 75.8 cm³/mol. The summed E-state index contributed by atoms with van der Waals surface area (Å²) in [4.78, 5) is 23.3. The molecule has 1 aromatic heterocycles. The molecule has 0 atom stereocenters. The highest BCUT2D eigenvalue weighted by Crippen LogP contribution is 2.34. The lowest BCUT2D eigenvalue weighted by atomic mass is 10.3. The molecule has 1 N–H and O–H groups in total. The second kappa shape index (κ2) is 5.84. The minimum atomic E-state index is -0.517. The van der Waals surface area contributed by atoms with Gasteiger partial charge in [-0.05, 0) is 23.6 Å². The molecule has 0 saturated heterocycles. The van der Waals surface area contributed by atoms with Crippen LogP contribution in [0, 0.1) is 0 Å². The first-order valence-corrected chi connectivity index (χ1v) is 7.05. The monoisotopic (exact) mass is 305 g/mol. The Hall–Kier alpha value is -2.54. The number of fused-ring (bicyclic) bond motifs is 1. The van der Waals surface area contributed by atoms with Crippen LogP contribution in [0.25, 0.3) is 0 Å². The molecular weight excluding hydrogens is 294 g/mol. The van der Waals surface area contributed by atoms with Gasteiger partial charge in [0, 0.05) is 17.1 Å². The van der Waals surface area contributed by atoms with E-state index >= 15 is 0 Å². The number of nitrogens with one attached hydrogen (secondary N) is 1. The second-order valence-electron chi connectivity index (χ2n) is 4.20. The van der Waals surface area contributed by atoms with Gasteiger partial charge in [0.15, 0.2) is 18.1 Å². The second-order valence-corrected chi connectivity index (χ2v) is 4.98. The van der Waals surface area contributed by atoms with Crippen LogP contribution in [0.5, 0.6) is 11.5 Å². The third-order valence-electron chi connectivity index (χ3n) is 2.75. The molecule has 0 bridgehead atoms. The van der Waals surface area contributed by atoms with Gasteiger partial charge in [-0.15, -0.1) is 0 Å². The summed E-state index contributed by atoms with van der Waals surface area (Å²) < 4.78 is 15.3. The molecule has 0 unspecified atom stereocenters. The van der Waals surface area contributed by atoms with Crippen molar-refractivity contribution in [1.82, 2.24) is 0 Å². The normalized spacial score (nSPS) is 12.0. The first-order valence-electron chi connectivity index (χ1n) is 6.11. The Bertz CT molecular complexity index is 668. The standard InChI is InChI=1S/C14H11NO5S/c16-13(6-18-14(17)9-3-4-21-7-9)15-10-1-2-11-12(5-10)20-8-19-11/h1-5,7H,6,8H2,(H,15,16). The fraction of sp³-hybridized carbons (Fsp3) is 0.143. The summed E-state index contributed by atoms with van der Waals surface area (Å²) in [5.74, 6) is 0.273. The largest absolute Gasteiger partial charge is 0.454 e. The molecule has 3 rings (SSSR count). The first kappa shape index (κ1) is 13.4. The van der Waals surface area contributed by atoms with Crippen molar-refractivity contribution in [2.75, 3.05) is 18.7 Å². The summed E-state index contributed by atoms with van der Waals surface area (Å²) >= 11 is 1.39. The van der Waals surface area contributed by atoms with Gasteiger partial charge < -0.3 is 19.5 Å². The first-order chi connectivity index (χ1) is 10.2. The van der Waals surface area contributed by atoms with E-state index in [9.17, 15) is 9.59 Å². The van der Waals surface area contributed by atoms with Crippen LogP contribution in [0.3, 0.4) is 0 Å². The Kier molecular flexibility index (Phi) is 3.74. The molecule has 2 aromatic rings. The molecule has 21 heavy (non-hydrogen) atoms. The average molecular weight is 305 g/mol. The summed E-state index contributed by atoms with van der Waals surface area (Å²) in [6.07, 6.45) is 0. The zero-order valence-electron chi connectivity index (χ0n) is 10.8. The van der Waals surface area contributed by atoms with Gasteiger partial charge in [0.1, 0.15) is 0 Å². The number of hydrogen-bond acceptors (Lipinski definition) is 6.